The highest BCUT2D eigenvalue weighted by molar-refractivity contribution is 6.62. The lowest BCUT2D eigenvalue weighted by Crippen LogP contribution is -2.41. The van der Waals surface area contributed by atoms with Crippen LogP contribution in [0.3, 0.4) is 0 Å². The average molecular weight is 307 g/mol. The van der Waals surface area contributed by atoms with Gasteiger partial charge in [0.05, 0.1) is 16.8 Å². The van der Waals surface area contributed by atoms with Crippen molar-refractivity contribution in [3.05, 3.63) is 28.8 Å². The first-order valence-electron chi connectivity index (χ1n) is 6.16. The van der Waals surface area contributed by atoms with Crippen molar-refractivity contribution in [3.8, 4) is 0 Å². The number of halogens is 4. The van der Waals surface area contributed by atoms with Gasteiger partial charge in [-0.1, -0.05) is 17.7 Å². The van der Waals surface area contributed by atoms with Gasteiger partial charge in [0.1, 0.15) is 0 Å². The van der Waals surface area contributed by atoms with E-state index in [2.05, 4.69) is 0 Å². The summed E-state index contributed by atoms with van der Waals surface area (Å²) >= 11 is 5.77. The first-order chi connectivity index (χ1) is 8.92. The third kappa shape index (κ3) is 2.82. The molecule has 7 heteroatoms. The first kappa shape index (κ1) is 15.7. The van der Waals surface area contributed by atoms with Gasteiger partial charge >= 0.3 is 13.3 Å². The Morgan fingerprint density at radius 1 is 1.00 bits per heavy atom. The van der Waals surface area contributed by atoms with Crippen LogP contribution in [0.15, 0.2) is 18.2 Å². The molecule has 0 amide bonds. The Balaban J connectivity index is 2.38. The normalized spacial score (nSPS) is 21.3. The third-order valence-electron chi connectivity index (χ3n) is 3.77. The predicted octanol–water partition coefficient (Wildman–Crippen LogP) is 3.66. The number of alkyl halides is 3. The molecule has 2 nitrogen and oxygen atoms in total. The molecule has 1 saturated heterocycles. The van der Waals surface area contributed by atoms with Crippen LogP contribution in [0.1, 0.15) is 33.3 Å². The van der Waals surface area contributed by atoms with E-state index in [4.69, 9.17) is 20.9 Å². The fourth-order valence-electron chi connectivity index (χ4n) is 1.89. The van der Waals surface area contributed by atoms with E-state index in [9.17, 15) is 13.2 Å². The molecule has 1 aromatic rings. The van der Waals surface area contributed by atoms with Crippen molar-refractivity contribution in [1.29, 1.82) is 0 Å². The summed E-state index contributed by atoms with van der Waals surface area (Å²) < 4.78 is 49.8. The highest BCUT2D eigenvalue weighted by atomic mass is 35.5. The Morgan fingerprint density at radius 3 is 1.95 bits per heavy atom. The molecular formula is C13H15BClF3O2. The van der Waals surface area contributed by atoms with Gasteiger partial charge in [-0.2, -0.15) is 13.2 Å². The molecule has 0 aliphatic carbocycles. The van der Waals surface area contributed by atoms with Crippen molar-refractivity contribution in [2.75, 3.05) is 0 Å². The standard InChI is InChI=1S/C13H15BClF3O2/c1-11(2)12(3,4)20-14(19-11)9-5-8(13(16,17)18)6-10(15)7-9/h5-7H,1-4H3. The maximum Gasteiger partial charge on any atom is 0.494 e. The van der Waals surface area contributed by atoms with Crippen LogP contribution in [0.2, 0.25) is 5.02 Å². The van der Waals surface area contributed by atoms with Crippen molar-refractivity contribution < 1.29 is 22.5 Å². The molecule has 0 spiro atoms. The van der Waals surface area contributed by atoms with Gasteiger partial charge in [0.15, 0.2) is 0 Å². The zero-order valence-electron chi connectivity index (χ0n) is 11.6. The second-order valence-electron chi connectivity index (χ2n) is 5.86. The number of rotatable bonds is 1. The highest BCUT2D eigenvalue weighted by Crippen LogP contribution is 2.37. The molecule has 1 aliphatic rings. The second-order valence-corrected chi connectivity index (χ2v) is 6.30. The molecule has 0 radical (unpaired) electrons. The highest BCUT2D eigenvalue weighted by Gasteiger charge is 2.52. The molecule has 2 rings (SSSR count). The monoisotopic (exact) mass is 306 g/mol. The average Bonchev–Trinajstić information content (AvgIpc) is 2.46. The first-order valence-corrected chi connectivity index (χ1v) is 6.53. The molecule has 0 unspecified atom stereocenters. The van der Waals surface area contributed by atoms with Crippen molar-refractivity contribution in [3.63, 3.8) is 0 Å². The minimum absolute atomic E-state index is 0.00420. The Hall–Kier alpha value is -0.715. The lowest BCUT2D eigenvalue weighted by Gasteiger charge is -2.32. The van der Waals surface area contributed by atoms with Crippen molar-refractivity contribution in [1.82, 2.24) is 0 Å². The van der Waals surface area contributed by atoms with E-state index in [1.165, 1.54) is 6.07 Å². The third-order valence-corrected chi connectivity index (χ3v) is 3.99. The number of benzene rings is 1. The van der Waals surface area contributed by atoms with Gasteiger partial charge in [-0.25, -0.2) is 0 Å². The maximum atomic E-state index is 12.8. The van der Waals surface area contributed by atoms with E-state index >= 15 is 0 Å². The Labute approximate surface area is 121 Å². The van der Waals surface area contributed by atoms with Crippen LogP contribution < -0.4 is 5.46 Å². The molecule has 1 heterocycles. The van der Waals surface area contributed by atoms with Crippen LogP contribution in [0, 0.1) is 0 Å². The predicted molar refractivity (Wildman–Crippen MR) is 72.2 cm³/mol. The molecule has 1 fully saturated rings. The van der Waals surface area contributed by atoms with E-state index < -0.39 is 30.1 Å². The van der Waals surface area contributed by atoms with E-state index in [0.717, 1.165) is 12.1 Å². The van der Waals surface area contributed by atoms with Crippen LogP contribution >= 0.6 is 11.6 Å². The van der Waals surface area contributed by atoms with Crippen LogP contribution in [0.25, 0.3) is 0 Å². The van der Waals surface area contributed by atoms with Crippen molar-refractivity contribution >= 4 is 24.2 Å². The molecule has 20 heavy (non-hydrogen) atoms. The van der Waals surface area contributed by atoms with Gasteiger partial charge in [-0.05, 0) is 45.3 Å². The summed E-state index contributed by atoms with van der Waals surface area (Å²) in [5, 5.41) is 0.00420. The smallest absolute Gasteiger partial charge is 0.399 e. The Kier molecular flexibility index (Phi) is 3.64. The molecule has 0 aromatic heterocycles. The van der Waals surface area contributed by atoms with Crippen molar-refractivity contribution in [2.45, 2.75) is 45.1 Å². The van der Waals surface area contributed by atoms with Crippen molar-refractivity contribution in [2.24, 2.45) is 0 Å². The topological polar surface area (TPSA) is 18.5 Å². The summed E-state index contributed by atoms with van der Waals surface area (Å²) in [4.78, 5) is 0. The van der Waals surface area contributed by atoms with Gasteiger partial charge in [-0.15, -0.1) is 0 Å². The number of hydrogen-bond donors (Lipinski definition) is 0. The van der Waals surface area contributed by atoms with Crippen LogP contribution in [-0.2, 0) is 15.5 Å². The molecular weight excluding hydrogens is 291 g/mol. The van der Waals surface area contributed by atoms with Crippen LogP contribution in [0.4, 0.5) is 13.2 Å². The maximum absolute atomic E-state index is 12.8. The van der Waals surface area contributed by atoms with Gasteiger partial charge in [-0.3, -0.25) is 0 Å². The fourth-order valence-corrected chi connectivity index (χ4v) is 2.13. The quantitative estimate of drug-likeness (QED) is 0.737. The Morgan fingerprint density at radius 2 is 1.50 bits per heavy atom. The van der Waals surface area contributed by atoms with E-state index in [-0.39, 0.29) is 10.5 Å². The summed E-state index contributed by atoms with van der Waals surface area (Å²) in [6.45, 7) is 7.34. The fraction of sp³-hybridized carbons (Fsp3) is 0.538. The molecule has 1 aliphatic heterocycles. The molecule has 0 atom stereocenters. The lowest BCUT2D eigenvalue weighted by molar-refractivity contribution is -0.137. The number of hydrogen-bond acceptors (Lipinski definition) is 2. The van der Waals surface area contributed by atoms with Gasteiger partial charge < -0.3 is 9.31 Å². The summed E-state index contributed by atoms with van der Waals surface area (Å²) in [6, 6.07) is 3.32. The summed E-state index contributed by atoms with van der Waals surface area (Å²) in [6.07, 6.45) is -4.46. The zero-order valence-corrected chi connectivity index (χ0v) is 12.4. The summed E-state index contributed by atoms with van der Waals surface area (Å²) in [5.74, 6) is 0. The van der Waals surface area contributed by atoms with Gasteiger partial charge in [0.25, 0.3) is 0 Å². The van der Waals surface area contributed by atoms with E-state index in [0.29, 0.717) is 0 Å². The second kappa shape index (κ2) is 4.65. The summed E-state index contributed by atoms with van der Waals surface area (Å²) in [7, 11) is -0.861. The molecule has 0 bridgehead atoms. The molecule has 0 saturated carbocycles. The molecule has 110 valence electrons. The lowest BCUT2D eigenvalue weighted by atomic mass is 9.78. The minimum atomic E-state index is -4.46. The largest absolute Gasteiger partial charge is 0.494 e. The van der Waals surface area contributed by atoms with Crippen LogP contribution in [-0.4, -0.2) is 18.3 Å². The molecule has 1 aromatic carbocycles. The van der Waals surface area contributed by atoms with Gasteiger partial charge in [0, 0.05) is 5.02 Å². The minimum Gasteiger partial charge on any atom is -0.399 e. The van der Waals surface area contributed by atoms with E-state index in [1.54, 1.807) is 0 Å². The zero-order chi connectivity index (χ0) is 15.3. The van der Waals surface area contributed by atoms with Gasteiger partial charge in [0.2, 0.25) is 0 Å². The van der Waals surface area contributed by atoms with E-state index in [1.807, 2.05) is 27.7 Å². The summed E-state index contributed by atoms with van der Waals surface area (Å²) in [5.41, 5.74) is -1.77. The SMILES string of the molecule is CC1(C)OB(c2cc(Cl)cc(C(F)(F)F)c2)OC1(C)C. The van der Waals surface area contributed by atoms with Crippen LogP contribution in [0.5, 0.6) is 0 Å². The molecule has 0 N–H and O–H groups in total. The Bertz CT molecular complexity index is 513.